The largest absolute Gasteiger partial charge is 0.508 e. The molecule has 2 atom stereocenters. The molecule has 25 heavy (non-hydrogen) atoms. The Morgan fingerprint density at radius 2 is 1.88 bits per heavy atom. The maximum Gasteiger partial charge on any atom is 0.179 e. The molecule has 6 heteroatoms. The summed E-state index contributed by atoms with van der Waals surface area (Å²) < 4.78 is 11.3. The molecule has 0 spiro atoms. The molecule has 0 aliphatic carbocycles. The van der Waals surface area contributed by atoms with Gasteiger partial charge in [0.25, 0.3) is 0 Å². The van der Waals surface area contributed by atoms with E-state index in [1.165, 1.54) is 0 Å². The highest BCUT2D eigenvalue weighted by molar-refractivity contribution is 6.32. The Balaban J connectivity index is 1.65. The molecular formula is C19H23ClNO4+. The number of aliphatic hydroxyl groups is 1. The normalized spacial score (nSPS) is 16.1. The van der Waals surface area contributed by atoms with Gasteiger partial charge in [0.2, 0.25) is 0 Å². The fourth-order valence-corrected chi connectivity index (χ4v) is 3.12. The Bertz CT molecular complexity index is 720. The molecule has 0 bridgehead atoms. The molecule has 0 saturated carbocycles. The Morgan fingerprint density at radius 1 is 1.16 bits per heavy atom. The van der Waals surface area contributed by atoms with Crippen LogP contribution in [0.4, 0.5) is 0 Å². The van der Waals surface area contributed by atoms with Crippen LogP contribution in [0.15, 0.2) is 36.4 Å². The van der Waals surface area contributed by atoms with Gasteiger partial charge in [-0.25, -0.2) is 0 Å². The number of benzene rings is 2. The van der Waals surface area contributed by atoms with Crippen molar-refractivity contribution in [2.24, 2.45) is 0 Å². The van der Waals surface area contributed by atoms with Gasteiger partial charge in [-0.2, -0.15) is 0 Å². The molecule has 0 amide bonds. The van der Waals surface area contributed by atoms with E-state index in [9.17, 15) is 10.2 Å². The molecule has 134 valence electrons. The maximum atomic E-state index is 10.5. The van der Waals surface area contributed by atoms with Gasteiger partial charge in [-0.05, 0) is 36.8 Å². The molecule has 1 aliphatic rings. The molecular weight excluding hydrogens is 342 g/mol. The third-order valence-corrected chi connectivity index (χ3v) is 4.60. The number of aromatic hydroxyl groups is 1. The first kappa shape index (κ1) is 17.9. The third kappa shape index (κ3) is 4.37. The Kier molecular flexibility index (Phi) is 5.68. The average Bonchev–Trinajstić information content (AvgIpc) is 2.85. The number of phenolic OH excluding ortho intramolecular Hbond substituents is 1. The first-order chi connectivity index (χ1) is 12.0. The van der Waals surface area contributed by atoms with E-state index in [4.69, 9.17) is 21.1 Å². The van der Waals surface area contributed by atoms with Crippen molar-refractivity contribution in [2.75, 3.05) is 13.2 Å². The van der Waals surface area contributed by atoms with Gasteiger partial charge < -0.3 is 25.0 Å². The zero-order valence-electron chi connectivity index (χ0n) is 14.1. The molecule has 5 nitrogen and oxygen atoms in total. The molecule has 2 aromatic rings. The number of ether oxygens (including phenoxy) is 2. The molecule has 1 heterocycles. The lowest BCUT2D eigenvalue weighted by atomic mass is 10.0. The Morgan fingerprint density at radius 3 is 2.64 bits per heavy atom. The van der Waals surface area contributed by atoms with E-state index in [0.717, 1.165) is 17.5 Å². The number of phenols is 1. The third-order valence-electron chi connectivity index (χ3n) is 4.32. The number of fused-ring (bicyclic) bond motifs is 1. The quantitative estimate of drug-likeness (QED) is 0.761. The molecule has 0 radical (unpaired) electrons. The van der Waals surface area contributed by atoms with Crippen LogP contribution in [0.1, 0.15) is 30.6 Å². The smallest absolute Gasteiger partial charge is 0.179 e. The highest BCUT2D eigenvalue weighted by Gasteiger charge is 2.21. The second-order valence-electron chi connectivity index (χ2n) is 6.29. The van der Waals surface area contributed by atoms with Gasteiger partial charge in [-0.15, -0.1) is 0 Å². The van der Waals surface area contributed by atoms with E-state index in [-0.39, 0.29) is 11.8 Å². The van der Waals surface area contributed by atoms with Gasteiger partial charge in [0.05, 0.1) is 18.2 Å². The molecule has 0 aromatic heterocycles. The van der Waals surface area contributed by atoms with Crippen LogP contribution in [-0.2, 0) is 6.54 Å². The van der Waals surface area contributed by atoms with E-state index in [0.29, 0.717) is 36.3 Å². The molecule has 0 unspecified atom stereocenters. The lowest BCUT2D eigenvalue weighted by Crippen LogP contribution is -2.88. The zero-order valence-corrected chi connectivity index (χ0v) is 14.9. The predicted octanol–water partition coefficient (Wildman–Crippen LogP) is 2.39. The molecule has 0 fully saturated rings. The fourth-order valence-electron chi connectivity index (χ4n) is 2.83. The number of nitrogens with two attached hydrogens (primary N) is 1. The lowest BCUT2D eigenvalue weighted by molar-refractivity contribution is -0.709. The van der Waals surface area contributed by atoms with Gasteiger partial charge in [0.1, 0.15) is 24.4 Å². The van der Waals surface area contributed by atoms with Crippen LogP contribution >= 0.6 is 11.6 Å². The molecule has 0 saturated heterocycles. The van der Waals surface area contributed by atoms with Crippen molar-refractivity contribution in [2.45, 2.75) is 32.0 Å². The highest BCUT2D eigenvalue weighted by atomic mass is 35.5. The van der Waals surface area contributed by atoms with Gasteiger partial charge in [-0.1, -0.05) is 23.7 Å². The first-order valence-corrected chi connectivity index (χ1v) is 8.80. The van der Waals surface area contributed by atoms with Gasteiger partial charge in [0.15, 0.2) is 11.5 Å². The molecule has 1 aliphatic heterocycles. The summed E-state index contributed by atoms with van der Waals surface area (Å²) in [6.07, 6.45) is 0.207. The number of rotatable bonds is 5. The monoisotopic (exact) mass is 364 g/mol. The van der Waals surface area contributed by atoms with E-state index in [1.54, 1.807) is 24.3 Å². The minimum Gasteiger partial charge on any atom is -0.508 e. The van der Waals surface area contributed by atoms with Crippen molar-refractivity contribution in [1.29, 1.82) is 0 Å². The topological polar surface area (TPSA) is 75.5 Å². The van der Waals surface area contributed by atoms with Crippen molar-refractivity contribution in [3.8, 4) is 17.2 Å². The predicted molar refractivity (Wildman–Crippen MR) is 95.2 cm³/mol. The van der Waals surface area contributed by atoms with Crippen LogP contribution in [0.25, 0.3) is 0 Å². The standard InChI is InChI=1S/C19H22ClNO4/c1-12(18(23)14-3-5-15(22)6-4-14)21-11-13-9-16(20)19-17(10-13)24-7-2-8-25-19/h3-6,9-10,12,18,21-23H,2,7-8,11H2,1H3/p+1/t12-,18-/m1/s1. The summed E-state index contributed by atoms with van der Waals surface area (Å²) in [5.74, 6) is 1.48. The van der Waals surface area contributed by atoms with Gasteiger partial charge in [0, 0.05) is 12.0 Å². The summed E-state index contributed by atoms with van der Waals surface area (Å²) in [5, 5.41) is 22.4. The lowest BCUT2D eigenvalue weighted by Gasteiger charge is -2.18. The summed E-state index contributed by atoms with van der Waals surface area (Å²) in [5.41, 5.74) is 1.79. The summed E-state index contributed by atoms with van der Waals surface area (Å²) in [6, 6.07) is 10.4. The summed E-state index contributed by atoms with van der Waals surface area (Å²) in [6.45, 7) is 3.84. The van der Waals surface area contributed by atoms with Crippen LogP contribution in [-0.4, -0.2) is 29.5 Å². The average molecular weight is 365 g/mol. The van der Waals surface area contributed by atoms with Crippen LogP contribution in [0.2, 0.25) is 5.02 Å². The van der Waals surface area contributed by atoms with Crippen molar-refractivity contribution in [3.63, 3.8) is 0 Å². The number of hydrogen-bond acceptors (Lipinski definition) is 4. The second kappa shape index (κ2) is 7.95. The minimum absolute atomic E-state index is 0.0562. The number of halogens is 1. The van der Waals surface area contributed by atoms with Crippen LogP contribution in [0.5, 0.6) is 17.2 Å². The SMILES string of the molecule is C[C@@H]([NH2+]Cc1cc(Cl)c2c(c1)OCCCO2)[C@@H](O)c1ccc(O)cc1. The second-order valence-corrected chi connectivity index (χ2v) is 6.70. The van der Waals surface area contributed by atoms with Crippen molar-refractivity contribution >= 4 is 11.6 Å². The molecule has 2 aromatic carbocycles. The van der Waals surface area contributed by atoms with Crippen LogP contribution in [0, 0.1) is 0 Å². The highest BCUT2D eigenvalue weighted by Crippen LogP contribution is 2.37. The van der Waals surface area contributed by atoms with Crippen molar-refractivity contribution in [1.82, 2.24) is 0 Å². The summed E-state index contributed by atoms with van der Waals surface area (Å²) >= 11 is 6.32. The zero-order chi connectivity index (χ0) is 17.8. The minimum atomic E-state index is -0.628. The van der Waals surface area contributed by atoms with E-state index >= 15 is 0 Å². The number of quaternary nitrogens is 1. The van der Waals surface area contributed by atoms with Gasteiger partial charge >= 0.3 is 0 Å². The molecule has 3 rings (SSSR count). The van der Waals surface area contributed by atoms with E-state index < -0.39 is 6.10 Å². The van der Waals surface area contributed by atoms with Gasteiger partial charge in [-0.3, -0.25) is 0 Å². The summed E-state index contributed by atoms with van der Waals surface area (Å²) in [4.78, 5) is 0. The maximum absolute atomic E-state index is 10.5. The summed E-state index contributed by atoms with van der Waals surface area (Å²) in [7, 11) is 0. The number of aliphatic hydroxyl groups excluding tert-OH is 1. The molecule has 4 N–H and O–H groups in total. The Labute approximate surface area is 152 Å². The first-order valence-electron chi connectivity index (χ1n) is 8.43. The fraction of sp³-hybridized carbons (Fsp3) is 0.368. The van der Waals surface area contributed by atoms with Crippen LogP contribution < -0.4 is 14.8 Å². The van der Waals surface area contributed by atoms with E-state index in [2.05, 4.69) is 0 Å². The van der Waals surface area contributed by atoms with Crippen LogP contribution in [0.3, 0.4) is 0 Å². The Hall–Kier alpha value is -1.95. The van der Waals surface area contributed by atoms with Crippen molar-refractivity contribution < 1.29 is 25.0 Å². The number of hydrogen-bond donors (Lipinski definition) is 3. The van der Waals surface area contributed by atoms with Crippen molar-refractivity contribution in [3.05, 3.63) is 52.5 Å². The van der Waals surface area contributed by atoms with E-state index in [1.807, 2.05) is 24.4 Å².